The van der Waals surface area contributed by atoms with Gasteiger partial charge < -0.3 is 0 Å². The molecule has 0 saturated heterocycles. The van der Waals surface area contributed by atoms with Gasteiger partial charge in [-0.25, -0.2) is 0 Å². The number of hydrogen-bond acceptors (Lipinski definition) is 4. The van der Waals surface area contributed by atoms with Crippen molar-refractivity contribution in [2.45, 2.75) is 57.6 Å². The van der Waals surface area contributed by atoms with Crippen molar-refractivity contribution in [2.75, 3.05) is 11.5 Å². The Morgan fingerprint density at radius 1 is 1.28 bits per heavy atom. The molecule has 4 aliphatic carbocycles. The third-order valence-electron chi connectivity index (χ3n) is 7.64. The Balaban J connectivity index is 1.63. The number of thioether (sulfide) groups is 1. The number of rotatable bonds is 3. The van der Waals surface area contributed by atoms with E-state index in [0.29, 0.717) is 53.3 Å². The van der Waals surface area contributed by atoms with Gasteiger partial charge in [0.1, 0.15) is 11.6 Å². The average molecular weight is 379 g/mol. The molecule has 4 unspecified atom stereocenters. The number of carbonyl (C=O) groups is 2. The zero-order chi connectivity index (χ0) is 17.8. The van der Waals surface area contributed by atoms with Crippen molar-refractivity contribution < 1.29 is 9.59 Å². The summed E-state index contributed by atoms with van der Waals surface area (Å²) in [6, 6.07) is 0. The lowest BCUT2D eigenvalue weighted by molar-refractivity contribution is -0.148. The van der Waals surface area contributed by atoms with Crippen molar-refractivity contribution in [3.8, 4) is 0 Å². The molecule has 0 amide bonds. The SMILES string of the molecule is C[C@@H]1CC2=C[C@@H](SCCS)CCC2C2C(=O)C[C@]3(C)C(=O)CCC3C21. The van der Waals surface area contributed by atoms with Gasteiger partial charge in [0.25, 0.3) is 0 Å². The maximum Gasteiger partial charge on any atom is 0.139 e. The van der Waals surface area contributed by atoms with E-state index in [1.165, 1.54) is 6.42 Å². The van der Waals surface area contributed by atoms with Crippen LogP contribution in [0.1, 0.15) is 52.4 Å². The van der Waals surface area contributed by atoms with Crippen molar-refractivity contribution >= 4 is 36.0 Å². The van der Waals surface area contributed by atoms with Crippen LogP contribution >= 0.6 is 24.4 Å². The van der Waals surface area contributed by atoms with E-state index in [1.54, 1.807) is 5.57 Å². The fourth-order valence-electron chi connectivity index (χ4n) is 6.58. The zero-order valence-corrected chi connectivity index (χ0v) is 17.1. The van der Waals surface area contributed by atoms with Crippen LogP contribution in [0.25, 0.3) is 0 Å². The molecule has 0 radical (unpaired) electrons. The van der Waals surface area contributed by atoms with E-state index >= 15 is 0 Å². The minimum atomic E-state index is -0.354. The number of allylic oxidation sites excluding steroid dienone is 1. The van der Waals surface area contributed by atoms with E-state index in [-0.39, 0.29) is 11.3 Å². The second-order valence-corrected chi connectivity index (χ2v) is 10.8. The lowest BCUT2D eigenvalue weighted by atomic mass is 9.49. The van der Waals surface area contributed by atoms with E-state index in [9.17, 15) is 9.59 Å². The van der Waals surface area contributed by atoms with Crippen molar-refractivity contribution in [2.24, 2.45) is 35.0 Å². The van der Waals surface area contributed by atoms with Gasteiger partial charge in [0, 0.05) is 35.2 Å². The van der Waals surface area contributed by atoms with Crippen LogP contribution in [0.4, 0.5) is 0 Å². The normalized spacial score (nSPS) is 46.3. The summed E-state index contributed by atoms with van der Waals surface area (Å²) >= 11 is 6.35. The minimum absolute atomic E-state index is 0.190. The van der Waals surface area contributed by atoms with Gasteiger partial charge in [-0.05, 0) is 55.1 Å². The molecule has 0 aromatic carbocycles. The highest BCUT2D eigenvalue weighted by atomic mass is 32.2. The monoisotopic (exact) mass is 378 g/mol. The van der Waals surface area contributed by atoms with Crippen LogP contribution in [0.3, 0.4) is 0 Å². The van der Waals surface area contributed by atoms with Crippen molar-refractivity contribution in [1.29, 1.82) is 0 Å². The Morgan fingerprint density at radius 2 is 2.08 bits per heavy atom. The fraction of sp³-hybridized carbons (Fsp3) is 0.810. The second-order valence-electron chi connectivity index (χ2n) is 8.97. The summed E-state index contributed by atoms with van der Waals surface area (Å²) in [5.41, 5.74) is 1.20. The van der Waals surface area contributed by atoms with E-state index in [1.807, 2.05) is 11.8 Å². The highest BCUT2D eigenvalue weighted by Gasteiger charge is 2.60. The molecule has 0 heterocycles. The van der Waals surface area contributed by atoms with Crippen LogP contribution in [0, 0.1) is 35.0 Å². The van der Waals surface area contributed by atoms with E-state index < -0.39 is 0 Å². The standard InChI is InChI=1S/C21H30O2S2/c1-12-9-13-10-14(25-8-7-24)3-4-15(13)20-17(22)11-21(2)16(19(12)20)5-6-18(21)23/h10,12,14-16,19-20,24H,3-9,11H2,1-2H3/t12-,14+,15?,16?,19?,20?,21+/m1/s1. The number of fused-ring (bicyclic) bond motifs is 5. The van der Waals surface area contributed by atoms with Crippen LogP contribution in [0.2, 0.25) is 0 Å². The Hall–Kier alpha value is -0.220. The predicted octanol–water partition coefficient (Wildman–Crippen LogP) is 4.58. The largest absolute Gasteiger partial charge is 0.299 e. The molecule has 3 saturated carbocycles. The first-order chi connectivity index (χ1) is 12.0. The van der Waals surface area contributed by atoms with Crippen LogP contribution < -0.4 is 0 Å². The quantitative estimate of drug-likeness (QED) is 0.576. The van der Waals surface area contributed by atoms with Gasteiger partial charge in [-0.3, -0.25) is 9.59 Å². The fourth-order valence-corrected chi connectivity index (χ4v) is 7.88. The predicted molar refractivity (Wildman–Crippen MR) is 107 cm³/mol. The molecule has 2 nitrogen and oxygen atoms in total. The molecule has 0 bridgehead atoms. The van der Waals surface area contributed by atoms with Crippen molar-refractivity contribution in [3.63, 3.8) is 0 Å². The Kier molecular flexibility index (Phi) is 4.90. The molecule has 138 valence electrons. The lowest BCUT2D eigenvalue weighted by Crippen LogP contribution is -2.53. The molecule has 4 rings (SSSR count). The Bertz CT molecular complexity index is 613. The summed E-state index contributed by atoms with van der Waals surface area (Å²) < 4.78 is 0. The van der Waals surface area contributed by atoms with Crippen LogP contribution in [-0.4, -0.2) is 28.3 Å². The molecule has 4 aliphatic rings. The first kappa shape index (κ1) is 18.2. The second kappa shape index (κ2) is 6.74. The molecule has 0 aliphatic heterocycles. The number of ketones is 2. The smallest absolute Gasteiger partial charge is 0.139 e. The first-order valence-corrected chi connectivity index (χ1v) is 11.6. The molecular formula is C21H30O2S2. The molecule has 25 heavy (non-hydrogen) atoms. The third kappa shape index (κ3) is 2.86. The summed E-state index contributed by atoms with van der Waals surface area (Å²) in [7, 11) is 0. The van der Waals surface area contributed by atoms with Crippen LogP contribution in [0.15, 0.2) is 11.6 Å². The van der Waals surface area contributed by atoms with Gasteiger partial charge in [0.15, 0.2) is 0 Å². The van der Waals surface area contributed by atoms with Gasteiger partial charge in [-0.1, -0.05) is 25.5 Å². The summed E-state index contributed by atoms with van der Waals surface area (Å²) in [6.45, 7) is 4.42. The average Bonchev–Trinajstić information content (AvgIpc) is 2.87. The van der Waals surface area contributed by atoms with E-state index in [0.717, 1.165) is 30.8 Å². The molecule has 7 atom stereocenters. The van der Waals surface area contributed by atoms with Crippen LogP contribution in [-0.2, 0) is 9.59 Å². The molecule has 4 heteroatoms. The minimum Gasteiger partial charge on any atom is -0.299 e. The van der Waals surface area contributed by atoms with E-state index in [4.69, 9.17) is 0 Å². The molecule has 3 fully saturated rings. The first-order valence-electron chi connectivity index (χ1n) is 9.94. The van der Waals surface area contributed by atoms with Gasteiger partial charge in [0.05, 0.1) is 0 Å². The number of Topliss-reactive ketones (excluding diaryl/α,β-unsaturated/α-hetero) is 2. The topological polar surface area (TPSA) is 34.1 Å². The number of thiol groups is 1. The Morgan fingerprint density at radius 3 is 2.84 bits per heavy atom. The summed E-state index contributed by atoms with van der Waals surface area (Å²) in [5, 5.41) is 0.610. The van der Waals surface area contributed by atoms with Gasteiger partial charge in [0.2, 0.25) is 0 Å². The highest BCUT2D eigenvalue weighted by molar-refractivity contribution is 8.00. The number of carbonyl (C=O) groups excluding carboxylic acids is 2. The summed E-state index contributed by atoms with van der Waals surface area (Å²) in [4.78, 5) is 25.7. The van der Waals surface area contributed by atoms with Gasteiger partial charge in [-0.2, -0.15) is 24.4 Å². The van der Waals surface area contributed by atoms with Crippen LogP contribution in [0.5, 0.6) is 0 Å². The highest BCUT2D eigenvalue weighted by Crippen LogP contribution is 2.61. The maximum absolute atomic E-state index is 13.2. The summed E-state index contributed by atoms with van der Waals surface area (Å²) in [6.07, 6.45) is 8.20. The molecular weight excluding hydrogens is 348 g/mol. The van der Waals surface area contributed by atoms with E-state index in [2.05, 4.69) is 32.6 Å². The molecule has 0 N–H and O–H groups in total. The molecule has 0 spiro atoms. The van der Waals surface area contributed by atoms with Crippen molar-refractivity contribution in [1.82, 2.24) is 0 Å². The van der Waals surface area contributed by atoms with Gasteiger partial charge in [-0.15, -0.1) is 0 Å². The molecule has 0 aromatic heterocycles. The zero-order valence-electron chi connectivity index (χ0n) is 15.4. The summed E-state index contributed by atoms with van der Waals surface area (Å²) in [5.74, 6) is 4.83. The molecule has 0 aromatic rings. The Labute approximate surface area is 161 Å². The van der Waals surface area contributed by atoms with Gasteiger partial charge >= 0.3 is 0 Å². The maximum atomic E-state index is 13.2. The lowest BCUT2D eigenvalue weighted by Gasteiger charge is -2.54. The van der Waals surface area contributed by atoms with Crippen molar-refractivity contribution in [3.05, 3.63) is 11.6 Å². The number of hydrogen-bond donors (Lipinski definition) is 1. The third-order valence-corrected chi connectivity index (χ3v) is 9.41.